The van der Waals surface area contributed by atoms with E-state index in [2.05, 4.69) is 5.32 Å². The lowest BCUT2D eigenvalue weighted by Crippen LogP contribution is -2.36. The third-order valence-corrected chi connectivity index (χ3v) is 2.97. The number of nitrogens with one attached hydrogen (secondary N) is 1. The number of nitrogens with two attached hydrogens (primary N) is 1. The van der Waals surface area contributed by atoms with E-state index in [0.29, 0.717) is 13.0 Å². The van der Waals surface area contributed by atoms with E-state index in [9.17, 15) is 14.0 Å². The second kappa shape index (κ2) is 5.69. The molecule has 6 heteroatoms. The second-order valence-electron chi connectivity index (χ2n) is 4.41. The predicted molar refractivity (Wildman–Crippen MR) is 66.9 cm³/mol. The summed E-state index contributed by atoms with van der Waals surface area (Å²) in [5.74, 6) is -1.67. The van der Waals surface area contributed by atoms with Gasteiger partial charge >= 0.3 is 5.97 Å². The van der Waals surface area contributed by atoms with E-state index < -0.39 is 17.9 Å². The SMILES string of the molecule is Nc1ccc(F)cc1C(=O)OC1CCCCNC1=O. The van der Waals surface area contributed by atoms with E-state index in [1.165, 1.54) is 6.07 Å². The first-order chi connectivity index (χ1) is 9.08. The van der Waals surface area contributed by atoms with Crippen molar-refractivity contribution in [2.75, 3.05) is 12.3 Å². The molecular formula is C13H15FN2O3. The van der Waals surface area contributed by atoms with Crippen molar-refractivity contribution in [1.82, 2.24) is 5.32 Å². The number of amides is 1. The molecule has 0 aliphatic carbocycles. The Bertz CT molecular complexity index is 505. The molecule has 1 atom stereocenters. The molecule has 0 aromatic heterocycles. The Kier molecular flexibility index (Phi) is 3.99. The summed E-state index contributed by atoms with van der Waals surface area (Å²) in [6, 6.07) is 3.45. The Morgan fingerprint density at radius 1 is 1.42 bits per heavy atom. The van der Waals surface area contributed by atoms with Gasteiger partial charge in [-0.3, -0.25) is 4.79 Å². The lowest BCUT2D eigenvalue weighted by molar-refractivity contribution is -0.129. The van der Waals surface area contributed by atoms with Crippen molar-refractivity contribution < 1.29 is 18.7 Å². The molecule has 1 aromatic rings. The molecule has 1 heterocycles. The fraction of sp³-hybridized carbons (Fsp3) is 0.385. The molecular weight excluding hydrogens is 251 g/mol. The zero-order valence-corrected chi connectivity index (χ0v) is 10.3. The average Bonchev–Trinajstić information content (AvgIpc) is 2.58. The van der Waals surface area contributed by atoms with Crippen LogP contribution in [0, 0.1) is 5.82 Å². The normalized spacial score (nSPS) is 19.4. The minimum atomic E-state index is -0.835. The van der Waals surface area contributed by atoms with Crippen LogP contribution in [-0.4, -0.2) is 24.5 Å². The number of benzene rings is 1. The lowest BCUT2D eigenvalue weighted by atomic mass is 10.1. The van der Waals surface area contributed by atoms with Crippen LogP contribution >= 0.6 is 0 Å². The number of nitrogen functional groups attached to an aromatic ring is 1. The maximum atomic E-state index is 13.1. The fourth-order valence-corrected chi connectivity index (χ4v) is 1.92. The molecule has 2 rings (SSSR count). The van der Waals surface area contributed by atoms with Crippen LogP contribution in [0.2, 0.25) is 0 Å². The molecule has 1 amide bonds. The molecule has 5 nitrogen and oxygen atoms in total. The van der Waals surface area contributed by atoms with E-state index in [1.807, 2.05) is 0 Å². The van der Waals surface area contributed by atoms with Gasteiger partial charge in [-0.25, -0.2) is 9.18 Å². The molecule has 0 spiro atoms. The number of carbonyl (C=O) groups excluding carboxylic acids is 2. The highest BCUT2D eigenvalue weighted by Gasteiger charge is 2.25. The first-order valence-corrected chi connectivity index (χ1v) is 6.11. The summed E-state index contributed by atoms with van der Waals surface area (Å²) in [4.78, 5) is 23.5. The first-order valence-electron chi connectivity index (χ1n) is 6.11. The molecule has 0 radical (unpaired) electrons. The Balaban J connectivity index is 2.11. The Labute approximate surface area is 109 Å². The summed E-state index contributed by atoms with van der Waals surface area (Å²) in [7, 11) is 0. The van der Waals surface area contributed by atoms with Gasteiger partial charge in [-0.05, 0) is 37.5 Å². The van der Waals surface area contributed by atoms with Gasteiger partial charge in [0.25, 0.3) is 5.91 Å². The number of halogens is 1. The molecule has 19 heavy (non-hydrogen) atoms. The minimum Gasteiger partial charge on any atom is -0.449 e. The van der Waals surface area contributed by atoms with Crippen LogP contribution in [0.5, 0.6) is 0 Å². The maximum Gasteiger partial charge on any atom is 0.341 e. The van der Waals surface area contributed by atoms with E-state index >= 15 is 0 Å². The molecule has 1 aliphatic rings. The molecule has 1 aromatic carbocycles. The third-order valence-electron chi connectivity index (χ3n) is 2.97. The molecule has 0 saturated carbocycles. The Morgan fingerprint density at radius 3 is 3.00 bits per heavy atom. The van der Waals surface area contributed by atoms with E-state index in [1.54, 1.807) is 0 Å². The number of hydrogen-bond donors (Lipinski definition) is 2. The number of esters is 1. The standard InChI is InChI=1S/C13H15FN2O3/c14-8-4-5-10(15)9(7-8)13(18)19-11-3-1-2-6-16-12(11)17/h4-5,7,11H,1-3,6,15H2,(H,16,17). The van der Waals surface area contributed by atoms with Crippen molar-refractivity contribution >= 4 is 17.6 Å². The highest BCUT2D eigenvalue weighted by Crippen LogP contribution is 2.17. The zero-order valence-electron chi connectivity index (χ0n) is 10.3. The summed E-state index contributed by atoms with van der Waals surface area (Å²) < 4.78 is 18.2. The van der Waals surface area contributed by atoms with Crippen molar-refractivity contribution in [3.8, 4) is 0 Å². The van der Waals surface area contributed by atoms with Crippen LogP contribution in [0.4, 0.5) is 10.1 Å². The third kappa shape index (κ3) is 3.21. The maximum absolute atomic E-state index is 13.1. The molecule has 0 bridgehead atoms. The van der Waals surface area contributed by atoms with Gasteiger partial charge in [0, 0.05) is 12.2 Å². The second-order valence-corrected chi connectivity index (χ2v) is 4.41. The fourth-order valence-electron chi connectivity index (χ4n) is 1.92. The first kappa shape index (κ1) is 13.3. The minimum absolute atomic E-state index is 0.0583. The highest BCUT2D eigenvalue weighted by molar-refractivity contribution is 5.96. The van der Waals surface area contributed by atoms with Crippen LogP contribution in [0.15, 0.2) is 18.2 Å². The number of anilines is 1. The summed E-state index contributed by atoms with van der Waals surface area (Å²) in [5, 5.41) is 2.66. The van der Waals surface area contributed by atoms with E-state index in [0.717, 1.165) is 25.0 Å². The molecule has 1 fully saturated rings. The smallest absolute Gasteiger partial charge is 0.341 e. The summed E-state index contributed by atoms with van der Waals surface area (Å²) >= 11 is 0. The van der Waals surface area contributed by atoms with Crippen molar-refractivity contribution in [2.45, 2.75) is 25.4 Å². The topological polar surface area (TPSA) is 81.4 Å². The Morgan fingerprint density at radius 2 is 2.21 bits per heavy atom. The van der Waals surface area contributed by atoms with Crippen molar-refractivity contribution in [3.63, 3.8) is 0 Å². The number of carbonyl (C=O) groups is 2. The van der Waals surface area contributed by atoms with Crippen LogP contribution in [0.3, 0.4) is 0 Å². The molecule has 1 aliphatic heterocycles. The molecule has 1 unspecified atom stereocenters. The van der Waals surface area contributed by atoms with Crippen molar-refractivity contribution in [2.24, 2.45) is 0 Å². The highest BCUT2D eigenvalue weighted by atomic mass is 19.1. The number of rotatable bonds is 2. The summed E-state index contributed by atoms with van der Waals surface area (Å²) in [6.45, 7) is 0.578. The quantitative estimate of drug-likeness (QED) is 0.623. The van der Waals surface area contributed by atoms with Crippen molar-refractivity contribution in [1.29, 1.82) is 0 Å². The van der Waals surface area contributed by atoms with E-state index in [-0.39, 0.29) is 17.2 Å². The summed E-state index contributed by atoms with van der Waals surface area (Å²) in [6.07, 6.45) is 1.27. The van der Waals surface area contributed by atoms with Crippen LogP contribution in [0.25, 0.3) is 0 Å². The average molecular weight is 266 g/mol. The van der Waals surface area contributed by atoms with Crippen molar-refractivity contribution in [3.05, 3.63) is 29.6 Å². The van der Waals surface area contributed by atoms with Crippen LogP contribution in [0.1, 0.15) is 29.6 Å². The van der Waals surface area contributed by atoms with Gasteiger partial charge in [0.05, 0.1) is 5.56 Å². The zero-order chi connectivity index (χ0) is 13.8. The van der Waals surface area contributed by atoms with Gasteiger partial charge in [-0.15, -0.1) is 0 Å². The molecule has 1 saturated heterocycles. The largest absolute Gasteiger partial charge is 0.449 e. The Hall–Kier alpha value is -2.11. The van der Waals surface area contributed by atoms with Gasteiger partial charge in [0.15, 0.2) is 6.10 Å². The predicted octanol–water partition coefficient (Wildman–Crippen LogP) is 1.23. The van der Waals surface area contributed by atoms with Gasteiger partial charge in [-0.2, -0.15) is 0 Å². The van der Waals surface area contributed by atoms with Gasteiger partial charge < -0.3 is 15.8 Å². The molecule has 3 N–H and O–H groups in total. The number of hydrogen-bond acceptors (Lipinski definition) is 4. The van der Waals surface area contributed by atoms with E-state index in [4.69, 9.17) is 10.5 Å². The lowest BCUT2D eigenvalue weighted by Gasteiger charge is -2.15. The molecule has 102 valence electrons. The van der Waals surface area contributed by atoms with Crippen LogP contribution < -0.4 is 11.1 Å². The summed E-state index contributed by atoms with van der Waals surface area (Å²) in [5.41, 5.74) is 5.66. The van der Waals surface area contributed by atoms with Gasteiger partial charge in [-0.1, -0.05) is 0 Å². The van der Waals surface area contributed by atoms with Crippen LogP contribution in [-0.2, 0) is 9.53 Å². The monoisotopic (exact) mass is 266 g/mol. The van der Waals surface area contributed by atoms with Gasteiger partial charge in [0.1, 0.15) is 5.82 Å². The van der Waals surface area contributed by atoms with Gasteiger partial charge in [0.2, 0.25) is 0 Å². The number of ether oxygens (including phenoxy) is 1.